The number of H-pyrrole nitrogens is 1. The van der Waals surface area contributed by atoms with Crippen LogP contribution >= 0.6 is 0 Å². The van der Waals surface area contributed by atoms with Gasteiger partial charge in [-0.25, -0.2) is 0 Å². The predicted molar refractivity (Wildman–Crippen MR) is 60.7 cm³/mol. The molecule has 1 heterocycles. The van der Waals surface area contributed by atoms with E-state index in [-0.39, 0.29) is 5.91 Å². The summed E-state index contributed by atoms with van der Waals surface area (Å²) in [6.45, 7) is 1.79. The Balaban J connectivity index is 2.29. The highest BCUT2D eigenvalue weighted by Crippen LogP contribution is 2.22. The lowest BCUT2D eigenvalue weighted by molar-refractivity contribution is -0.115. The fourth-order valence-corrected chi connectivity index (χ4v) is 1.34. The van der Waals surface area contributed by atoms with Crippen LogP contribution in [0.4, 0.5) is 5.82 Å². The van der Waals surface area contributed by atoms with E-state index < -0.39 is 0 Å². The summed E-state index contributed by atoms with van der Waals surface area (Å²) < 4.78 is 0. The van der Waals surface area contributed by atoms with Gasteiger partial charge in [-0.3, -0.25) is 4.79 Å². The molecule has 2 rings (SSSR count). The molecule has 5 heteroatoms. The summed E-state index contributed by atoms with van der Waals surface area (Å²) in [5.41, 5.74) is 1.57. The van der Waals surface area contributed by atoms with Gasteiger partial charge < -0.3 is 5.32 Å². The molecule has 0 saturated carbocycles. The molecule has 0 aliphatic rings. The van der Waals surface area contributed by atoms with Gasteiger partial charge in [0.25, 0.3) is 0 Å². The number of nitrogens with one attached hydrogen (secondary N) is 2. The van der Waals surface area contributed by atoms with Crippen LogP contribution in [0.5, 0.6) is 0 Å². The van der Waals surface area contributed by atoms with Gasteiger partial charge >= 0.3 is 0 Å². The Hall–Kier alpha value is -2.17. The van der Waals surface area contributed by atoms with E-state index in [0.717, 1.165) is 5.56 Å². The maximum Gasteiger partial charge on any atom is 0.225 e. The summed E-state index contributed by atoms with van der Waals surface area (Å²) in [6, 6.07) is 9.58. The van der Waals surface area contributed by atoms with Crippen LogP contribution in [0, 0.1) is 0 Å². The molecule has 0 radical (unpaired) electrons. The molecule has 0 spiro atoms. The van der Waals surface area contributed by atoms with Crippen molar-refractivity contribution >= 4 is 11.7 Å². The Kier molecular flexibility index (Phi) is 2.95. The molecule has 0 saturated heterocycles. The minimum atomic E-state index is -0.0777. The first-order chi connectivity index (χ1) is 7.81. The van der Waals surface area contributed by atoms with Gasteiger partial charge in [0.05, 0.1) is 0 Å². The average Bonchev–Trinajstić information content (AvgIpc) is 2.78. The molecule has 5 nitrogen and oxygen atoms in total. The summed E-state index contributed by atoms with van der Waals surface area (Å²) in [6.07, 6.45) is 0.418. The van der Waals surface area contributed by atoms with Crippen molar-refractivity contribution in [2.75, 3.05) is 5.32 Å². The molecule has 0 fully saturated rings. The van der Waals surface area contributed by atoms with Crippen LogP contribution in [0.3, 0.4) is 0 Å². The first-order valence-electron chi connectivity index (χ1n) is 5.07. The number of amides is 1. The van der Waals surface area contributed by atoms with Crippen molar-refractivity contribution in [2.24, 2.45) is 0 Å². The number of anilines is 1. The second-order valence-corrected chi connectivity index (χ2v) is 3.29. The standard InChI is InChI=1S/C11H12N4O/c1-2-9(16)12-11-10(13-15-14-11)8-6-4-3-5-7-8/h3-7H,2H2,1H3,(H2,12,13,14,15,16). The van der Waals surface area contributed by atoms with Crippen molar-refractivity contribution in [2.45, 2.75) is 13.3 Å². The maximum absolute atomic E-state index is 11.3. The van der Waals surface area contributed by atoms with Gasteiger partial charge in [0.2, 0.25) is 5.91 Å². The van der Waals surface area contributed by atoms with Gasteiger partial charge in [-0.15, -0.1) is 5.10 Å². The molecule has 0 aliphatic carbocycles. The fraction of sp³-hybridized carbons (Fsp3) is 0.182. The van der Waals surface area contributed by atoms with E-state index in [2.05, 4.69) is 20.7 Å². The molecule has 0 unspecified atom stereocenters. The van der Waals surface area contributed by atoms with Crippen LogP contribution in [0.15, 0.2) is 30.3 Å². The van der Waals surface area contributed by atoms with E-state index in [0.29, 0.717) is 17.9 Å². The maximum atomic E-state index is 11.3. The molecule has 2 N–H and O–H groups in total. The summed E-state index contributed by atoms with van der Waals surface area (Å²) in [4.78, 5) is 11.3. The summed E-state index contributed by atoms with van der Waals surface area (Å²) in [7, 11) is 0. The van der Waals surface area contributed by atoms with Crippen LogP contribution in [0.1, 0.15) is 13.3 Å². The van der Waals surface area contributed by atoms with E-state index >= 15 is 0 Å². The van der Waals surface area contributed by atoms with Crippen molar-refractivity contribution in [3.8, 4) is 11.3 Å². The minimum Gasteiger partial charge on any atom is -0.307 e. The molecule has 2 aromatic rings. The largest absolute Gasteiger partial charge is 0.307 e. The van der Waals surface area contributed by atoms with Crippen LogP contribution < -0.4 is 5.32 Å². The highest BCUT2D eigenvalue weighted by molar-refractivity contribution is 5.92. The van der Waals surface area contributed by atoms with Crippen molar-refractivity contribution in [3.05, 3.63) is 30.3 Å². The first-order valence-corrected chi connectivity index (χ1v) is 5.07. The second-order valence-electron chi connectivity index (χ2n) is 3.29. The molecule has 1 aromatic heterocycles. The number of benzene rings is 1. The van der Waals surface area contributed by atoms with E-state index in [1.165, 1.54) is 0 Å². The van der Waals surface area contributed by atoms with Gasteiger partial charge in [-0.2, -0.15) is 10.3 Å². The Bertz CT molecular complexity index is 478. The van der Waals surface area contributed by atoms with E-state index in [9.17, 15) is 4.79 Å². The molecule has 16 heavy (non-hydrogen) atoms. The van der Waals surface area contributed by atoms with Crippen molar-refractivity contribution in [1.82, 2.24) is 15.4 Å². The average molecular weight is 216 g/mol. The Morgan fingerprint density at radius 3 is 2.75 bits per heavy atom. The van der Waals surface area contributed by atoms with Crippen LogP contribution in [-0.4, -0.2) is 21.3 Å². The van der Waals surface area contributed by atoms with Gasteiger partial charge in [-0.1, -0.05) is 37.3 Å². The topological polar surface area (TPSA) is 70.7 Å². The minimum absolute atomic E-state index is 0.0777. The van der Waals surface area contributed by atoms with E-state index in [1.54, 1.807) is 6.92 Å². The number of hydrogen-bond acceptors (Lipinski definition) is 3. The molecule has 1 aromatic carbocycles. The highest BCUT2D eigenvalue weighted by Gasteiger charge is 2.11. The van der Waals surface area contributed by atoms with Gasteiger partial charge in [0.1, 0.15) is 5.69 Å². The van der Waals surface area contributed by atoms with E-state index in [4.69, 9.17) is 0 Å². The number of aromatic amines is 1. The summed E-state index contributed by atoms with van der Waals surface area (Å²) in [5, 5.41) is 13.1. The lowest BCUT2D eigenvalue weighted by atomic mass is 10.1. The summed E-state index contributed by atoms with van der Waals surface area (Å²) >= 11 is 0. The first kappa shape index (κ1) is 10.4. The van der Waals surface area contributed by atoms with Crippen molar-refractivity contribution in [3.63, 3.8) is 0 Å². The third kappa shape index (κ3) is 2.08. The van der Waals surface area contributed by atoms with Crippen LogP contribution in [0.25, 0.3) is 11.3 Å². The zero-order valence-electron chi connectivity index (χ0n) is 8.90. The number of carbonyl (C=O) groups is 1. The van der Waals surface area contributed by atoms with Crippen LogP contribution in [0.2, 0.25) is 0 Å². The molecule has 0 bridgehead atoms. The van der Waals surface area contributed by atoms with Crippen LogP contribution in [-0.2, 0) is 4.79 Å². The zero-order valence-corrected chi connectivity index (χ0v) is 8.90. The molecular formula is C11H12N4O. The number of aromatic nitrogens is 3. The molecule has 0 atom stereocenters. The number of hydrogen-bond donors (Lipinski definition) is 2. The van der Waals surface area contributed by atoms with Gasteiger partial charge in [-0.05, 0) is 0 Å². The SMILES string of the molecule is CCC(=O)Nc1n[nH]nc1-c1ccccc1. The lowest BCUT2D eigenvalue weighted by Gasteiger charge is -2.01. The normalized spacial score (nSPS) is 10.1. The van der Waals surface area contributed by atoms with Gasteiger partial charge in [0.15, 0.2) is 5.82 Å². The Morgan fingerprint density at radius 1 is 1.31 bits per heavy atom. The highest BCUT2D eigenvalue weighted by atomic mass is 16.1. The quantitative estimate of drug-likeness (QED) is 0.822. The summed E-state index contributed by atoms with van der Waals surface area (Å²) in [5.74, 6) is 0.393. The zero-order chi connectivity index (χ0) is 11.4. The molecular weight excluding hydrogens is 204 g/mol. The Labute approximate surface area is 92.9 Å². The van der Waals surface area contributed by atoms with Gasteiger partial charge in [0, 0.05) is 12.0 Å². The lowest BCUT2D eigenvalue weighted by Crippen LogP contribution is -2.10. The van der Waals surface area contributed by atoms with Crippen molar-refractivity contribution in [1.29, 1.82) is 0 Å². The smallest absolute Gasteiger partial charge is 0.225 e. The fourth-order valence-electron chi connectivity index (χ4n) is 1.34. The molecule has 0 aliphatic heterocycles. The number of nitrogens with zero attached hydrogens (tertiary/aromatic N) is 2. The molecule has 1 amide bonds. The molecule has 82 valence electrons. The second kappa shape index (κ2) is 4.57. The monoisotopic (exact) mass is 216 g/mol. The number of carbonyl (C=O) groups excluding carboxylic acids is 1. The predicted octanol–water partition coefficient (Wildman–Crippen LogP) is 1.82. The number of rotatable bonds is 3. The Morgan fingerprint density at radius 2 is 2.06 bits per heavy atom. The van der Waals surface area contributed by atoms with E-state index in [1.807, 2.05) is 30.3 Å². The van der Waals surface area contributed by atoms with Crippen molar-refractivity contribution < 1.29 is 4.79 Å². The third-order valence-electron chi connectivity index (χ3n) is 2.17. The third-order valence-corrected chi connectivity index (χ3v) is 2.17.